The fourth-order valence-corrected chi connectivity index (χ4v) is 13.6. The molecule has 0 radical (unpaired) electrons. The summed E-state index contributed by atoms with van der Waals surface area (Å²) in [4.78, 5) is 1.63. The maximum absolute atomic E-state index is 2.51. The first kappa shape index (κ1) is 25.2. The number of rotatable bonds is 1. The first-order valence-corrected chi connectivity index (χ1v) is 15.9. The summed E-state index contributed by atoms with van der Waals surface area (Å²) in [5, 5.41) is 6.79. The van der Waals surface area contributed by atoms with E-state index in [2.05, 4.69) is 87.8 Å². The average molecular weight is 562 g/mol. The van der Waals surface area contributed by atoms with Crippen LogP contribution in [0.3, 0.4) is 0 Å². The van der Waals surface area contributed by atoms with Crippen molar-refractivity contribution in [3.05, 3.63) is 80.6 Å². The van der Waals surface area contributed by atoms with E-state index in [1.54, 1.807) is 51.5 Å². The van der Waals surface area contributed by atoms with Gasteiger partial charge in [0.25, 0.3) is 0 Å². The number of hydrogen-bond donors (Lipinski definition) is 0. The first-order chi connectivity index (χ1) is 13.8. The number of allylic oxidation sites excluding steroid dienone is 2. The molecule has 0 saturated heterocycles. The second kappa shape index (κ2) is 9.07. The Morgan fingerprint density at radius 2 is 1.68 bits per heavy atom. The molecular formula is C26H27Cl2SSiZr. The van der Waals surface area contributed by atoms with Crippen molar-refractivity contribution in [2.45, 2.75) is 43.0 Å². The molecule has 2 atom stereocenters. The van der Waals surface area contributed by atoms with Crippen LogP contribution < -0.4 is 24.8 Å². The zero-order valence-corrected chi connectivity index (χ0v) is 24.4. The smallest absolute Gasteiger partial charge is 0.0941 e. The number of halogens is 2. The Kier molecular flexibility index (Phi) is 7.37. The van der Waals surface area contributed by atoms with Crippen molar-refractivity contribution in [1.29, 1.82) is 0 Å². The van der Waals surface area contributed by atoms with E-state index >= 15 is 0 Å². The molecule has 2 aliphatic carbocycles. The Labute approximate surface area is 218 Å². The molecule has 0 spiro atoms. The molecule has 2 unspecified atom stereocenters. The SMILES string of the molecule is CC(C)C1=Cc2c(ccc3ccccc23)[CH]1[Zr+2].CC1=C2c3sccc3C1[Si]2(C)C.[Cl-].[Cl-]. The third kappa shape index (κ3) is 3.73. The Balaban J connectivity index is 0.000000173. The zero-order chi connectivity index (χ0) is 20.5. The summed E-state index contributed by atoms with van der Waals surface area (Å²) in [6, 6.07) is 15.6. The molecule has 0 nitrogen and oxygen atoms in total. The molecule has 3 heterocycles. The fraction of sp³-hybridized carbons (Fsp3) is 0.308. The Hall–Kier alpha value is -0.440. The molecule has 4 aliphatic rings. The minimum absolute atomic E-state index is 0. The van der Waals surface area contributed by atoms with Crippen molar-refractivity contribution < 1.29 is 49.5 Å². The summed E-state index contributed by atoms with van der Waals surface area (Å²) in [5.74, 6) is 0.658. The molecule has 7 rings (SSSR count). The Morgan fingerprint density at radius 1 is 0.968 bits per heavy atom. The predicted molar refractivity (Wildman–Crippen MR) is 127 cm³/mol. The van der Waals surface area contributed by atoms with E-state index in [-0.39, 0.29) is 24.8 Å². The van der Waals surface area contributed by atoms with Gasteiger partial charge in [0.1, 0.15) is 0 Å². The Morgan fingerprint density at radius 3 is 2.32 bits per heavy atom. The number of hydrogen-bond acceptors (Lipinski definition) is 1. The van der Waals surface area contributed by atoms with Gasteiger partial charge in [-0.15, -0.1) is 11.3 Å². The van der Waals surface area contributed by atoms with Gasteiger partial charge < -0.3 is 24.8 Å². The molecule has 0 saturated carbocycles. The molecule has 2 aromatic carbocycles. The van der Waals surface area contributed by atoms with E-state index < -0.39 is 8.07 Å². The maximum atomic E-state index is 2.51. The van der Waals surface area contributed by atoms with Crippen LogP contribution in [0.5, 0.6) is 0 Å². The number of fused-ring (bicyclic) bond motifs is 3. The number of benzene rings is 2. The third-order valence-corrected chi connectivity index (χ3v) is 13.9. The van der Waals surface area contributed by atoms with Gasteiger partial charge in [0.15, 0.2) is 0 Å². The summed E-state index contributed by atoms with van der Waals surface area (Å²) < 4.78 is 0.668. The van der Waals surface area contributed by atoms with E-state index in [0.717, 1.165) is 5.54 Å². The van der Waals surface area contributed by atoms with Crippen molar-refractivity contribution in [2.75, 3.05) is 0 Å². The van der Waals surface area contributed by atoms with Crippen LogP contribution in [-0.4, -0.2) is 8.07 Å². The first-order valence-electron chi connectivity index (χ1n) is 10.6. The van der Waals surface area contributed by atoms with E-state index in [1.165, 1.54) is 21.9 Å². The summed E-state index contributed by atoms with van der Waals surface area (Å²) in [5.41, 5.74) is 8.83. The normalized spacial score (nSPS) is 21.4. The standard InChI is InChI=1S/C16H15.C10H12SSi.2ClH.Zr/c1-11(2)14-9-13-8-7-12-5-3-4-6-15(12)16(13)10-14;1-6-9-7-4-5-11-8(7)10(6)12(9,2)3;;;/h3-11H,1-2H3;4-5,9H,1-3H3;2*1H;/q;;;;+2/p-2. The van der Waals surface area contributed by atoms with Crippen LogP contribution in [0.2, 0.25) is 13.1 Å². The van der Waals surface area contributed by atoms with E-state index in [4.69, 9.17) is 0 Å². The van der Waals surface area contributed by atoms with Crippen LogP contribution in [0.4, 0.5) is 0 Å². The third-order valence-electron chi connectivity index (χ3n) is 7.05. The van der Waals surface area contributed by atoms with Gasteiger partial charge in [-0.25, -0.2) is 0 Å². The van der Waals surface area contributed by atoms with Crippen LogP contribution in [-0.2, 0) is 24.7 Å². The fourth-order valence-electron chi connectivity index (χ4n) is 5.76. The zero-order valence-electron chi connectivity index (χ0n) is 18.6. The molecule has 1 aromatic heterocycles. The van der Waals surface area contributed by atoms with Gasteiger partial charge >= 0.3 is 118 Å². The van der Waals surface area contributed by atoms with Crippen molar-refractivity contribution in [3.63, 3.8) is 0 Å². The second-order valence-corrected chi connectivity index (χ2v) is 16.3. The van der Waals surface area contributed by atoms with Crippen molar-refractivity contribution in [2.24, 2.45) is 5.92 Å². The molecule has 0 fully saturated rings. The maximum Gasteiger partial charge on any atom is 0.0941 e. The second-order valence-electron chi connectivity index (χ2n) is 9.44. The molecule has 0 N–H and O–H groups in total. The van der Waals surface area contributed by atoms with Gasteiger partial charge in [-0.05, 0) is 29.1 Å². The quantitative estimate of drug-likeness (QED) is 0.399. The molecule has 0 amide bonds. The number of thiophene rings is 1. The summed E-state index contributed by atoms with van der Waals surface area (Å²) in [6.07, 6.45) is 2.43. The largest absolute Gasteiger partial charge is 1.00 e. The van der Waals surface area contributed by atoms with Gasteiger partial charge in [-0.2, -0.15) is 0 Å². The van der Waals surface area contributed by atoms with Gasteiger partial charge in [0.2, 0.25) is 0 Å². The minimum Gasteiger partial charge on any atom is -1.00 e. The molecule has 159 valence electrons. The van der Waals surface area contributed by atoms with Crippen LogP contribution in [0.1, 0.15) is 51.5 Å². The van der Waals surface area contributed by atoms with Crippen LogP contribution in [0.25, 0.3) is 22.0 Å². The van der Waals surface area contributed by atoms with Gasteiger partial charge in [-0.1, -0.05) is 18.7 Å². The van der Waals surface area contributed by atoms with Gasteiger partial charge in [0.05, 0.1) is 8.07 Å². The van der Waals surface area contributed by atoms with E-state index in [1.807, 2.05) is 11.3 Å². The van der Waals surface area contributed by atoms with E-state index in [0.29, 0.717) is 9.54 Å². The minimum atomic E-state index is -0.972. The monoisotopic (exact) mass is 559 g/mol. The molecule has 3 aromatic rings. The van der Waals surface area contributed by atoms with Crippen molar-refractivity contribution in [1.82, 2.24) is 0 Å². The summed E-state index contributed by atoms with van der Waals surface area (Å²) in [7, 11) is -0.972. The molecule has 2 aliphatic heterocycles. The molecule has 31 heavy (non-hydrogen) atoms. The summed E-state index contributed by atoms with van der Waals surface area (Å²) >= 11 is 3.55. The average Bonchev–Trinajstić information content (AvgIpc) is 3.38. The van der Waals surface area contributed by atoms with Crippen LogP contribution in [0.15, 0.2) is 59.0 Å². The molecule has 5 heteroatoms. The van der Waals surface area contributed by atoms with Crippen LogP contribution in [0, 0.1) is 5.92 Å². The topological polar surface area (TPSA) is 0 Å². The predicted octanol–water partition coefficient (Wildman–Crippen LogP) is 1.91. The molecular weight excluding hydrogens is 535 g/mol. The molecule has 2 bridgehead atoms. The van der Waals surface area contributed by atoms with Crippen molar-refractivity contribution in [3.8, 4) is 0 Å². The van der Waals surface area contributed by atoms with Gasteiger partial charge in [0, 0.05) is 10.4 Å². The van der Waals surface area contributed by atoms with E-state index in [9.17, 15) is 0 Å². The van der Waals surface area contributed by atoms with Crippen LogP contribution >= 0.6 is 11.3 Å². The summed E-state index contributed by atoms with van der Waals surface area (Å²) in [6.45, 7) is 11.9. The Bertz CT molecular complexity index is 1210. The van der Waals surface area contributed by atoms with Crippen molar-refractivity contribution >= 4 is 41.5 Å². The van der Waals surface area contributed by atoms with Gasteiger partial charge in [-0.3, -0.25) is 0 Å².